The molecule has 8 heteroatoms. The lowest BCUT2D eigenvalue weighted by molar-refractivity contribution is -0.137. The molecule has 3 aromatic rings. The zero-order valence-electron chi connectivity index (χ0n) is 12.3. The van der Waals surface area contributed by atoms with Gasteiger partial charge in [0.25, 0.3) is 5.91 Å². The molecular weight excluding hydrogens is 332 g/mol. The molecule has 0 bridgehead atoms. The quantitative estimate of drug-likeness (QED) is 0.760. The van der Waals surface area contributed by atoms with Gasteiger partial charge < -0.3 is 16.3 Å². The summed E-state index contributed by atoms with van der Waals surface area (Å²) in [5.41, 5.74) is 15.2. The molecule has 0 unspecified atom stereocenters. The molecule has 0 radical (unpaired) electrons. The number of amides is 1. The number of hydroxylamine groups is 2. The van der Waals surface area contributed by atoms with E-state index in [-0.39, 0.29) is 0 Å². The fourth-order valence-electron chi connectivity index (χ4n) is 2.94. The lowest BCUT2D eigenvalue weighted by atomic mass is 10.0. The van der Waals surface area contributed by atoms with Crippen molar-refractivity contribution < 1.29 is 9.63 Å². The minimum absolute atomic E-state index is 0.373. The standard InChI is InChI=1S/C15H14N4O2S2/c1-21-19-5-7-8(6-19)18-15-11(10(7)9-3-2-4-22-9)12(16)13(23-15)14(17)20/h2-4H,5-6,16H2,1H3,(H2,17,20). The van der Waals surface area contributed by atoms with Crippen molar-refractivity contribution in [2.24, 2.45) is 5.73 Å². The Morgan fingerprint density at radius 2 is 2.26 bits per heavy atom. The molecule has 6 nitrogen and oxygen atoms in total. The third-order valence-corrected chi connectivity index (χ3v) is 5.97. The number of nitrogens with two attached hydrogens (primary N) is 2. The Balaban J connectivity index is 2.07. The van der Waals surface area contributed by atoms with Gasteiger partial charge in [-0.15, -0.1) is 22.7 Å². The first-order chi connectivity index (χ1) is 11.1. The summed E-state index contributed by atoms with van der Waals surface area (Å²) in [5, 5.41) is 4.70. The van der Waals surface area contributed by atoms with Crippen LogP contribution in [0.4, 0.5) is 5.69 Å². The Morgan fingerprint density at radius 1 is 1.43 bits per heavy atom. The first kappa shape index (κ1) is 14.6. The molecule has 0 atom stereocenters. The topological polar surface area (TPSA) is 94.5 Å². The van der Waals surface area contributed by atoms with Crippen molar-refractivity contribution in [2.45, 2.75) is 13.1 Å². The Hall–Kier alpha value is -2.00. The fraction of sp³-hybridized carbons (Fsp3) is 0.200. The summed E-state index contributed by atoms with van der Waals surface area (Å²) >= 11 is 2.89. The maximum atomic E-state index is 11.6. The average Bonchev–Trinajstić information content (AvgIpc) is 3.23. The SMILES string of the molecule is CON1Cc2nc3sc(C(N)=O)c(N)c3c(-c3cccs3)c2C1. The Bertz CT molecular complexity index is 918. The lowest BCUT2D eigenvalue weighted by Crippen LogP contribution is -2.13. The highest BCUT2D eigenvalue weighted by atomic mass is 32.1. The minimum Gasteiger partial charge on any atom is -0.397 e. The number of thiophene rings is 2. The van der Waals surface area contributed by atoms with Gasteiger partial charge in [0.2, 0.25) is 0 Å². The van der Waals surface area contributed by atoms with Crippen LogP contribution in [0.5, 0.6) is 0 Å². The second-order valence-corrected chi connectivity index (χ2v) is 7.21. The van der Waals surface area contributed by atoms with Gasteiger partial charge in [-0.25, -0.2) is 4.98 Å². The van der Waals surface area contributed by atoms with E-state index in [1.54, 1.807) is 18.4 Å². The van der Waals surface area contributed by atoms with Crippen LogP contribution in [0, 0.1) is 0 Å². The van der Waals surface area contributed by atoms with E-state index in [2.05, 4.69) is 6.07 Å². The molecule has 1 amide bonds. The van der Waals surface area contributed by atoms with Gasteiger partial charge in [0, 0.05) is 21.4 Å². The summed E-state index contributed by atoms with van der Waals surface area (Å²) in [4.78, 5) is 23.9. The normalized spacial score (nSPS) is 14.5. The van der Waals surface area contributed by atoms with Gasteiger partial charge in [0.1, 0.15) is 9.71 Å². The van der Waals surface area contributed by atoms with Gasteiger partial charge in [-0.3, -0.25) is 4.79 Å². The van der Waals surface area contributed by atoms with Crippen LogP contribution in [0.25, 0.3) is 20.7 Å². The van der Waals surface area contributed by atoms with E-state index in [9.17, 15) is 4.79 Å². The van der Waals surface area contributed by atoms with E-state index in [1.165, 1.54) is 11.3 Å². The van der Waals surface area contributed by atoms with E-state index in [0.29, 0.717) is 23.7 Å². The zero-order chi connectivity index (χ0) is 16.1. The summed E-state index contributed by atoms with van der Waals surface area (Å²) in [5.74, 6) is -0.513. The molecule has 0 aliphatic carbocycles. The highest BCUT2D eigenvalue weighted by Crippen LogP contribution is 2.45. The summed E-state index contributed by atoms with van der Waals surface area (Å²) in [6.45, 7) is 1.26. The number of aromatic nitrogens is 1. The van der Waals surface area contributed by atoms with Gasteiger partial charge in [-0.1, -0.05) is 6.07 Å². The van der Waals surface area contributed by atoms with E-state index >= 15 is 0 Å². The number of primary amides is 1. The minimum atomic E-state index is -0.513. The number of pyridine rings is 1. The molecule has 0 spiro atoms. The predicted molar refractivity (Wildman–Crippen MR) is 92.1 cm³/mol. The number of hydrogen-bond donors (Lipinski definition) is 2. The number of anilines is 1. The molecule has 4 heterocycles. The Morgan fingerprint density at radius 3 is 2.91 bits per heavy atom. The largest absolute Gasteiger partial charge is 0.397 e. The number of nitrogen functional groups attached to an aromatic ring is 1. The average molecular weight is 346 g/mol. The zero-order valence-corrected chi connectivity index (χ0v) is 14.0. The molecule has 1 aliphatic rings. The van der Waals surface area contributed by atoms with Crippen LogP contribution in [0.3, 0.4) is 0 Å². The third kappa shape index (κ3) is 2.14. The maximum absolute atomic E-state index is 11.6. The number of carbonyl (C=O) groups is 1. The predicted octanol–water partition coefficient (Wildman–Crippen LogP) is 2.58. The van der Waals surface area contributed by atoms with E-state index in [0.717, 1.165) is 31.9 Å². The fourth-order valence-corrected chi connectivity index (χ4v) is 4.72. The molecule has 118 valence electrons. The molecule has 0 fully saturated rings. The van der Waals surface area contributed by atoms with Crippen LogP contribution in [0.2, 0.25) is 0 Å². The third-order valence-electron chi connectivity index (χ3n) is 3.97. The van der Waals surface area contributed by atoms with Crippen LogP contribution < -0.4 is 11.5 Å². The van der Waals surface area contributed by atoms with E-state index in [1.807, 2.05) is 16.5 Å². The van der Waals surface area contributed by atoms with Crippen molar-refractivity contribution in [1.29, 1.82) is 0 Å². The highest BCUT2D eigenvalue weighted by Gasteiger charge is 2.29. The smallest absolute Gasteiger partial charge is 0.260 e. The summed E-state index contributed by atoms with van der Waals surface area (Å²) in [6.07, 6.45) is 0. The van der Waals surface area contributed by atoms with Gasteiger partial charge in [-0.2, -0.15) is 5.06 Å². The molecule has 4 N–H and O–H groups in total. The van der Waals surface area contributed by atoms with Crippen molar-refractivity contribution in [3.05, 3.63) is 33.6 Å². The van der Waals surface area contributed by atoms with Crippen molar-refractivity contribution in [3.63, 3.8) is 0 Å². The van der Waals surface area contributed by atoms with Crippen LogP contribution in [0.1, 0.15) is 20.9 Å². The van der Waals surface area contributed by atoms with Gasteiger partial charge in [0.15, 0.2) is 0 Å². The second kappa shape index (κ2) is 5.27. The maximum Gasteiger partial charge on any atom is 0.260 e. The van der Waals surface area contributed by atoms with Crippen molar-refractivity contribution >= 4 is 44.5 Å². The summed E-state index contributed by atoms with van der Waals surface area (Å²) in [7, 11) is 1.65. The summed E-state index contributed by atoms with van der Waals surface area (Å²) in [6, 6.07) is 4.05. The number of hydrogen-bond acceptors (Lipinski definition) is 7. The molecule has 4 rings (SSSR count). The van der Waals surface area contributed by atoms with E-state index in [4.69, 9.17) is 21.3 Å². The molecular formula is C15H14N4O2S2. The number of nitrogens with zero attached hydrogens (tertiary/aromatic N) is 2. The van der Waals surface area contributed by atoms with Gasteiger partial charge >= 0.3 is 0 Å². The van der Waals surface area contributed by atoms with Crippen molar-refractivity contribution in [3.8, 4) is 10.4 Å². The molecule has 0 saturated heterocycles. The lowest BCUT2D eigenvalue weighted by Gasteiger charge is -2.10. The number of fused-ring (bicyclic) bond motifs is 2. The van der Waals surface area contributed by atoms with Crippen molar-refractivity contribution in [1.82, 2.24) is 10.0 Å². The van der Waals surface area contributed by atoms with Crippen LogP contribution in [-0.2, 0) is 17.9 Å². The van der Waals surface area contributed by atoms with Crippen LogP contribution in [0.15, 0.2) is 17.5 Å². The molecule has 23 heavy (non-hydrogen) atoms. The van der Waals surface area contributed by atoms with Crippen molar-refractivity contribution in [2.75, 3.05) is 12.8 Å². The molecule has 1 aliphatic heterocycles. The van der Waals surface area contributed by atoms with Gasteiger partial charge in [0.05, 0.1) is 31.6 Å². The first-order valence-corrected chi connectivity index (χ1v) is 8.66. The van der Waals surface area contributed by atoms with Crippen LogP contribution in [-0.4, -0.2) is 23.1 Å². The van der Waals surface area contributed by atoms with Crippen LogP contribution >= 0.6 is 22.7 Å². The molecule has 0 saturated carbocycles. The monoisotopic (exact) mass is 346 g/mol. The summed E-state index contributed by atoms with van der Waals surface area (Å²) < 4.78 is 0. The number of carbonyl (C=O) groups excluding carboxylic acids is 1. The van der Waals surface area contributed by atoms with E-state index < -0.39 is 5.91 Å². The molecule has 0 aromatic carbocycles. The molecule has 3 aromatic heterocycles. The Labute approximate surface area is 140 Å². The number of rotatable bonds is 3. The highest BCUT2D eigenvalue weighted by molar-refractivity contribution is 7.21. The van der Waals surface area contributed by atoms with Gasteiger partial charge in [-0.05, 0) is 11.4 Å². The first-order valence-electron chi connectivity index (χ1n) is 6.96. The second-order valence-electron chi connectivity index (χ2n) is 5.26. The Kier molecular flexibility index (Phi) is 3.34.